The van der Waals surface area contributed by atoms with Gasteiger partial charge in [0.05, 0.1) is 13.2 Å². The molecular weight excluding hydrogens is 524 g/mol. The van der Waals surface area contributed by atoms with Gasteiger partial charge >= 0.3 is 18.0 Å². The summed E-state index contributed by atoms with van der Waals surface area (Å²) in [5, 5.41) is 0. The van der Waals surface area contributed by atoms with Gasteiger partial charge in [-0.2, -0.15) is 0 Å². The summed E-state index contributed by atoms with van der Waals surface area (Å²) in [7, 11) is 1.54. The van der Waals surface area contributed by atoms with E-state index >= 15 is 0 Å². The molecule has 1 saturated heterocycles. The van der Waals surface area contributed by atoms with Crippen LogP contribution in [-0.2, 0) is 41.6 Å². The molecule has 1 aliphatic heterocycles. The molecule has 41 heavy (non-hydrogen) atoms. The third-order valence-corrected chi connectivity index (χ3v) is 7.15. The Balaban J connectivity index is 1.48. The zero-order valence-corrected chi connectivity index (χ0v) is 24.5. The maximum Gasteiger partial charge on any atom is 0.410 e. The second-order valence-corrected chi connectivity index (χ2v) is 11.8. The minimum atomic E-state index is -1.17. The molecule has 1 aliphatic carbocycles. The number of carbonyl (C=O) groups excluding carboxylic acids is 3. The van der Waals surface area contributed by atoms with Crippen LogP contribution in [0.4, 0.5) is 10.5 Å². The highest BCUT2D eigenvalue weighted by Crippen LogP contribution is 2.35. The van der Waals surface area contributed by atoms with Crippen LogP contribution in [0.15, 0.2) is 54.6 Å². The third-order valence-electron chi connectivity index (χ3n) is 7.15. The molecule has 1 amide bonds. The number of hydrogen-bond acceptors (Lipinski definition) is 8. The zero-order valence-electron chi connectivity index (χ0n) is 24.5. The molecule has 0 aromatic heterocycles. The lowest BCUT2D eigenvalue weighted by Crippen LogP contribution is -2.47. The smallest absolute Gasteiger partial charge is 0.410 e. The van der Waals surface area contributed by atoms with Gasteiger partial charge in [-0.1, -0.05) is 55.3 Å². The summed E-state index contributed by atoms with van der Waals surface area (Å²) in [4.78, 5) is 43.2. The number of carbonyl (C=O) groups is 3. The largest absolute Gasteiger partial charge is 0.458 e. The molecule has 2 atom stereocenters. The summed E-state index contributed by atoms with van der Waals surface area (Å²) >= 11 is 0. The molecule has 4 rings (SSSR count). The van der Waals surface area contributed by atoms with Crippen molar-refractivity contribution in [2.45, 2.75) is 70.8 Å². The number of esters is 2. The molecule has 2 aliphatic rings. The van der Waals surface area contributed by atoms with E-state index in [4.69, 9.17) is 18.9 Å². The quantitative estimate of drug-likeness (QED) is 0.284. The summed E-state index contributed by atoms with van der Waals surface area (Å²) in [5.74, 6) is -0.949. The topological polar surface area (TPSA) is 94.6 Å². The lowest BCUT2D eigenvalue weighted by atomic mass is 10.1. The van der Waals surface area contributed by atoms with Gasteiger partial charge < -0.3 is 23.8 Å². The Morgan fingerprint density at radius 3 is 2.22 bits per heavy atom. The fourth-order valence-corrected chi connectivity index (χ4v) is 4.63. The first-order chi connectivity index (χ1) is 19.6. The minimum Gasteiger partial charge on any atom is -0.458 e. The Morgan fingerprint density at radius 2 is 1.61 bits per heavy atom. The van der Waals surface area contributed by atoms with Crippen molar-refractivity contribution < 1.29 is 33.3 Å². The molecule has 2 aromatic carbocycles. The van der Waals surface area contributed by atoms with E-state index in [0.29, 0.717) is 25.6 Å². The van der Waals surface area contributed by atoms with Crippen molar-refractivity contribution in [3.63, 3.8) is 0 Å². The van der Waals surface area contributed by atoms with Crippen molar-refractivity contribution in [2.24, 2.45) is 5.92 Å². The molecule has 1 saturated carbocycles. The van der Waals surface area contributed by atoms with Crippen molar-refractivity contribution in [1.82, 2.24) is 4.90 Å². The van der Waals surface area contributed by atoms with Gasteiger partial charge in [0.2, 0.25) is 6.10 Å². The maximum absolute atomic E-state index is 13.6. The number of amides is 1. The molecular formula is C32H42N2O7. The van der Waals surface area contributed by atoms with Gasteiger partial charge in [0.25, 0.3) is 0 Å². The minimum absolute atomic E-state index is 0.0625. The Bertz CT molecular complexity index is 1150. The Kier molecular flexibility index (Phi) is 10.3. The SMILES string of the molecule is CN(C(=O)OC(C)(C)C)[C@@H](CC1CC1)C(=O)OC(Cc1ccc(N2CCOCC2)cc1)C(=O)OCc1ccccc1. The van der Waals surface area contributed by atoms with Crippen LogP contribution in [0.3, 0.4) is 0 Å². The molecule has 0 bridgehead atoms. The Morgan fingerprint density at radius 1 is 0.951 bits per heavy atom. The Labute approximate surface area is 242 Å². The first-order valence-electron chi connectivity index (χ1n) is 14.4. The number of rotatable bonds is 11. The highest BCUT2D eigenvalue weighted by Gasteiger charge is 2.38. The van der Waals surface area contributed by atoms with Crippen LogP contribution in [0.2, 0.25) is 0 Å². The van der Waals surface area contributed by atoms with Crippen molar-refractivity contribution in [3.05, 3.63) is 65.7 Å². The van der Waals surface area contributed by atoms with E-state index in [1.165, 1.54) is 11.9 Å². The van der Waals surface area contributed by atoms with E-state index in [-0.39, 0.29) is 13.0 Å². The monoisotopic (exact) mass is 566 g/mol. The van der Waals surface area contributed by atoms with E-state index in [1.54, 1.807) is 20.8 Å². The summed E-state index contributed by atoms with van der Waals surface area (Å²) < 4.78 is 22.4. The summed E-state index contributed by atoms with van der Waals surface area (Å²) in [5.41, 5.74) is 2.02. The summed E-state index contributed by atoms with van der Waals surface area (Å²) in [6.07, 6.45) is 0.800. The van der Waals surface area contributed by atoms with Crippen LogP contribution in [0.5, 0.6) is 0 Å². The van der Waals surface area contributed by atoms with Gasteiger partial charge in [-0.15, -0.1) is 0 Å². The standard InChI is InChI=1S/C32H42N2O7/c1-32(2,3)41-31(37)33(4)27(20-23-10-11-23)29(35)40-28(30(36)39-22-25-8-6-5-7-9-25)21-24-12-14-26(15-13-24)34-16-18-38-19-17-34/h5-9,12-15,23,27-28H,10-11,16-22H2,1-4H3/t27-,28?/m0/s1. The van der Waals surface area contributed by atoms with Gasteiger partial charge in [-0.25, -0.2) is 14.4 Å². The highest BCUT2D eigenvalue weighted by molar-refractivity contribution is 5.85. The number of likely N-dealkylation sites (N-methyl/N-ethyl adjacent to an activating group) is 1. The van der Waals surface area contributed by atoms with E-state index in [0.717, 1.165) is 42.7 Å². The Hall–Kier alpha value is -3.59. The van der Waals surface area contributed by atoms with Crippen LogP contribution in [0.1, 0.15) is 51.2 Å². The predicted octanol–water partition coefficient (Wildman–Crippen LogP) is 4.76. The fourth-order valence-electron chi connectivity index (χ4n) is 4.63. The van der Waals surface area contributed by atoms with E-state index in [2.05, 4.69) is 4.90 Å². The van der Waals surface area contributed by atoms with Crippen LogP contribution in [-0.4, -0.2) is 74.0 Å². The van der Waals surface area contributed by atoms with Gasteiger partial charge in [-0.05, 0) is 56.4 Å². The molecule has 2 aromatic rings. The molecule has 9 nitrogen and oxygen atoms in total. The van der Waals surface area contributed by atoms with Crippen molar-refractivity contribution in [2.75, 3.05) is 38.3 Å². The number of morpholine rings is 1. The van der Waals surface area contributed by atoms with Crippen molar-refractivity contribution in [3.8, 4) is 0 Å². The maximum atomic E-state index is 13.6. The third kappa shape index (κ3) is 9.49. The average molecular weight is 567 g/mol. The molecule has 0 N–H and O–H groups in total. The first kappa shape index (κ1) is 30.4. The van der Waals surface area contributed by atoms with Crippen LogP contribution >= 0.6 is 0 Å². The van der Waals surface area contributed by atoms with Crippen LogP contribution < -0.4 is 4.90 Å². The second-order valence-electron chi connectivity index (χ2n) is 11.8. The average Bonchev–Trinajstić information content (AvgIpc) is 3.79. The van der Waals surface area contributed by atoms with Crippen LogP contribution in [0.25, 0.3) is 0 Å². The normalized spacial score (nSPS) is 16.8. The van der Waals surface area contributed by atoms with Gasteiger partial charge in [-0.3, -0.25) is 4.90 Å². The molecule has 0 spiro atoms. The molecule has 0 radical (unpaired) electrons. The zero-order chi connectivity index (χ0) is 29.4. The second kappa shape index (κ2) is 13.9. The van der Waals surface area contributed by atoms with E-state index in [9.17, 15) is 14.4 Å². The number of anilines is 1. The fraction of sp³-hybridized carbons (Fsp3) is 0.531. The molecule has 9 heteroatoms. The van der Waals surface area contributed by atoms with Crippen LogP contribution in [0, 0.1) is 5.92 Å². The number of nitrogens with zero attached hydrogens (tertiary/aromatic N) is 2. The van der Waals surface area contributed by atoms with Gasteiger partial charge in [0.1, 0.15) is 18.2 Å². The number of ether oxygens (including phenoxy) is 4. The van der Waals surface area contributed by atoms with E-state index in [1.807, 2.05) is 54.6 Å². The lowest BCUT2D eigenvalue weighted by molar-refractivity contribution is -0.171. The highest BCUT2D eigenvalue weighted by atomic mass is 16.6. The molecule has 1 unspecified atom stereocenters. The number of benzene rings is 2. The van der Waals surface area contributed by atoms with Gasteiger partial charge in [0, 0.05) is 32.2 Å². The first-order valence-corrected chi connectivity index (χ1v) is 14.4. The van der Waals surface area contributed by atoms with E-state index < -0.39 is 35.8 Å². The molecule has 1 heterocycles. The summed E-state index contributed by atoms with van der Waals surface area (Å²) in [6, 6.07) is 16.3. The van der Waals surface area contributed by atoms with Gasteiger partial charge in [0.15, 0.2) is 0 Å². The predicted molar refractivity (Wildman–Crippen MR) is 154 cm³/mol. The molecule has 2 fully saturated rings. The summed E-state index contributed by atoms with van der Waals surface area (Å²) in [6.45, 7) is 8.40. The molecule has 222 valence electrons. The number of hydrogen-bond donors (Lipinski definition) is 0. The van der Waals surface area contributed by atoms with Crippen molar-refractivity contribution >= 4 is 23.7 Å². The lowest BCUT2D eigenvalue weighted by Gasteiger charge is -2.30. The van der Waals surface area contributed by atoms with Crippen molar-refractivity contribution in [1.29, 1.82) is 0 Å².